The Hall–Kier alpha value is -5.21. The fourth-order valence-corrected chi connectivity index (χ4v) is 12.4. The molecule has 0 amide bonds. The number of hydrogen-bond acceptors (Lipinski definition) is 7. The zero-order valence-electron chi connectivity index (χ0n) is 49.3. The molecule has 0 spiro atoms. The maximum absolute atomic E-state index is 10.9. The maximum Gasteiger partial charge on any atom is 0.495 e. The van der Waals surface area contributed by atoms with Gasteiger partial charge in [0.2, 0.25) is 0 Å². The van der Waals surface area contributed by atoms with Crippen molar-refractivity contribution in [3.05, 3.63) is 164 Å². The minimum Gasteiger partial charge on any atom is -0.399 e. The second kappa shape index (κ2) is 26.2. The Labute approximate surface area is 464 Å². The van der Waals surface area contributed by atoms with Crippen molar-refractivity contribution in [2.45, 2.75) is 226 Å². The number of rotatable bonds is 16. The average Bonchev–Trinajstić information content (AvgIpc) is 3.63. The molecule has 1 saturated heterocycles. The Bertz CT molecular complexity index is 2810. The van der Waals surface area contributed by atoms with Crippen LogP contribution in [0.4, 0.5) is 0 Å². The third kappa shape index (κ3) is 14.0. The predicted molar refractivity (Wildman–Crippen MR) is 320 cm³/mol. The Kier molecular flexibility index (Phi) is 20.7. The molecule has 1 aromatic heterocycles. The van der Waals surface area contributed by atoms with Crippen LogP contribution in [0.25, 0.3) is 23.4 Å². The molecule has 2 aliphatic carbocycles. The first-order valence-corrected chi connectivity index (χ1v) is 29.2. The van der Waals surface area contributed by atoms with Crippen LogP contribution in [0.1, 0.15) is 220 Å². The van der Waals surface area contributed by atoms with E-state index >= 15 is 0 Å². The third-order valence-corrected chi connectivity index (χ3v) is 18.4. The summed E-state index contributed by atoms with van der Waals surface area (Å²) in [7, 11) is -0.344. The molecule has 5 aromatic rings. The quantitative estimate of drug-likeness (QED) is 0.0948. The number of pyridine rings is 1. The van der Waals surface area contributed by atoms with Crippen LogP contribution >= 0.6 is 0 Å². The van der Waals surface area contributed by atoms with Crippen LogP contribution in [0.15, 0.2) is 103 Å². The Morgan fingerprint density at radius 2 is 0.961 bits per heavy atom. The highest BCUT2D eigenvalue weighted by molar-refractivity contribution is 6.62. The molecule has 3 fully saturated rings. The zero-order chi connectivity index (χ0) is 56.2. The fraction of sp³-hybridized carbons (Fsp3) is 0.507. The van der Waals surface area contributed by atoms with Crippen molar-refractivity contribution in [3.8, 4) is 11.3 Å². The Morgan fingerprint density at radius 1 is 0.558 bits per heavy atom. The lowest BCUT2D eigenvalue weighted by molar-refractivity contribution is -0.191. The smallest absolute Gasteiger partial charge is 0.399 e. The first-order valence-electron chi connectivity index (χ1n) is 29.2. The van der Waals surface area contributed by atoms with Crippen molar-refractivity contribution in [2.24, 2.45) is 0 Å². The first kappa shape index (κ1) is 61.0. The van der Waals surface area contributed by atoms with Gasteiger partial charge in [-0.05, 0) is 180 Å². The van der Waals surface area contributed by atoms with Crippen molar-refractivity contribution < 1.29 is 29.1 Å². The van der Waals surface area contributed by atoms with E-state index in [1.54, 1.807) is 0 Å². The molecular weight excluding hydrogens is 950 g/mol. The zero-order valence-corrected chi connectivity index (χ0v) is 49.3. The van der Waals surface area contributed by atoms with Crippen LogP contribution in [0.2, 0.25) is 0 Å². The summed E-state index contributed by atoms with van der Waals surface area (Å²) in [6.45, 7) is 28.6. The summed E-state index contributed by atoms with van der Waals surface area (Å²) in [5, 5.41) is 21.8. The van der Waals surface area contributed by atoms with E-state index in [4.69, 9.17) is 23.9 Å². The summed E-state index contributed by atoms with van der Waals surface area (Å²) in [5.41, 5.74) is 15.5. The largest absolute Gasteiger partial charge is 0.495 e. The van der Waals surface area contributed by atoms with Crippen LogP contribution in [0.3, 0.4) is 0 Å². The summed E-state index contributed by atoms with van der Waals surface area (Å²) in [6.07, 6.45) is 27.4. The molecule has 77 heavy (non-hydrogen) atoms. The lowest BCUT2D eigenvalue weighted by Crippen LogP contribution is -2.41. The summed E-state index contributed by atoms with van der Waals surface area (Å²) in [6, 6.07) is 32.0. The van der Waals surface area contributed by atoms with Gasteiger partial charge in [-0.15, -0.1) is 0 Å². The molecule has 412 valence electrons. The molecule has 0 bridgehead atoms. The minimum absolute atomic E-state index is 0.0315. The predicted octanol–water partition coefficient (Wildman–Crippen LogP) is 16.0. The Balaban J connectivity index is 0.000000237. The van der Waals surface area contributed by atoms with Crippen LogP contribution in [0, 0.1) is 27.7 Å². The molecular formula is C69H92BNO6. The number of aryl methyl sites for hydroxylation is 5. The van der Waals surface area contributed by atoms with E-state index in [-0.39, 0.29) is 35.3 Å². The molecule has 0 atom stereocenters. The average molecular weight is 1040 g/mol. The second-order valence-corrected chi connectivity index (χ2v) is 23.8. The van der Waals surface area contributed by atoms with E-state index in [0.29, 0.717) is 0 Å². The Morgan fingerprint density at radius 3 is 1.32 bits per heavy atom. The van der Waals surface area contributed by atoms with E-state index in [9.17, 15) is 10.2 Å². The number of aliphatic hydroxyl groups is 2. The standard InChI is InChI=1S/C35H45NO.C33H47BO3.CO2/c1-6-12-28-13-18-33(36-25-28)32-17-16-31(24-27(32)5)35(7-2,8-3)30-15-14-29(26(4)23-30)19-22-34(37)20-10-9-11-21-34;1-9-33(10-2,27-15-14-26(24(3)22-27)18-21-32(35)19-12-11-13-20-32)28-16-17-29(25(4)23-28)34-36-30(5,6)31(7,8)37-34;2-1-3/h13-19,22-25,37H,6-12,20-21H2,1-5H3;14-18,21-23,35H,9-13,19-20H2,1-8H3;/b22-19+;21-18+;. The molecule has 8 rings (SSSR count). The maximum atomic E-state index is 10.9. The van der Waals surface area contributed by atoms with Gasteiger partial charge in [0.1, 0.15) is 0 Å². The summed E-state index contributed by atoms with van der Waals surface area (Å²) >= 11 is 0. The van der Waals surface area contributed by atoms with Crippen LogP contribution in [-0.4, -0.2) is 50.9 Å². The van der Waals surface area contributed by atoms with E-state index < -0.39 is 11.2 Å². The second-order valence-electron chi connectivity index (χ2n) is 23.8. The van der Waals surface area contributed by atoms with Gasteiger partial charge in [0, 0.05) is 22.6 Å². The van der Waals surface area contributed by atoms with Gasteiger partial charge in [-0.3, -0.25) is 4.98 Å². The highest BCUT2D eigenvalue weighted by Gasteiger charge is 2.52. The van der Waals surface area contributed by atoms with Gasteiger partial charge >= 0.3 is 13.3 Å². The molecule has 0 unspecified atom stereocenters. The fourth-order valence-electron chi connectivity index (χ4n) is 12.4. The van der Waals surface area contributed by atoms with E-state index in [2.05, 4.69) is 187 Å². The highest BCUT2D eigenvalue weighted by atomic mass is 16.7. The van der Waals surface area contributed by atoms with Crippen LogP contribution < -0.4 is 5.46 Å². The number of hydrogen-bond donors (Lipinski definition) is 2. The lowest BCUT2D eigenvalue weighted by Gasteiger charge is -2.34. The highest BCUT2D eigenvalue weighted by Crippen LogP contribution is 2.43. The van der Waals surface area contributed by atoms with Gasteiger partial charge in [0.05, 0.1) is 28.1 Å². The normalized spacial score (nSPS) is 17.8. The number of carbonyl (C=O) groups excluding carboxylic acids is 2. The van der Waals surface area contributed by atoms with Gasteiger partial charge in [-0.25, -0.2) is 0 Å². The monoisotopic (exact) mass is 1040 g/mol. The molecule has 2 N–H and O–H groups in total. The summed E-state index contributed by atoms with van der Waals surface area (Å²) < 4.78 is 12.7. The lowest BCUT2D eigenvalue weighted by atomic mass is 9.68. The first-order chi connectivity index (χ1) is 36.6. The summed E-state index contributed by atoms with van der Waals surface area (Å²) in [4.78, 5) is 21.0. The molecule has 1 aliphatic heterocycles. The molecule has 2 heterocycles. The van der Waals surface area contributed by atoms with Gasteiger partial charge in [0.15, 0.2) is 0 Å². The van der Waals surface area contributed by atoms with Gasteiger partial charge < -0.3 is 19.5 Å². The van der Waals surface area contributed by atoms with Crippen molar-refractivity contribution in [1.29, 1.82) is 0 Å². The van der Waals surface area contributed by atoms with Crippen molar-refractivity contribution >= 4 is 30.9 Å². The SMILES string of the molecule is CCC(CC)(c1ccc(/C=C/C2(O)CCCCC2)c(C)c1)c1ccc(B2OC(C)(C)C(C)(C)O2)c(C)c1.CCCc1ccc(-c2ccc(C(CC)(CC)c3ccc(/C=C/C4(O)CCCCC4)c(C)c3)cc2C)nc1.O=C=O. The molecule has 4 aromatic carbocycles. The van der Waals surface area contributed by atoms with Crippen LogP contribution in [0.5, 0.6) is 0 Å². The number of benzene rings is 4. The molecule has 3 aliphatic rings. The molecule has 7 nitrogen and oxygen atoms in total. The van der Waals surface area contributed by atoms with Crippen molar-refractivity contribution in [3.63, 3.8) is 0 Å². The number of nitrogens with zero attached hydrogens (tertiary/aromatic N) is 1. The van der Waals surface area contributed by atoms with Gasteiger partial charge in [-0.1, -0.05) is 188 Å². The topological polar surface area (TPSA) is 106 Å². The van der Waals surface area contributed by atoms with Crippen molar-refractivity contribution in [1.82, 2.24) is 4.98 Å². The summed E-state index contributed by atoms with van der Waals surface area (Å²) in [5.74, 6) is 0. The van der Waals surface area contributed by atoms with Crippen LogP contribution in [-0.2, 0) is 36.1 Å². The minimum atomic E-state index is -0.642. The number of aromatic nitrogens is 1. The van der Waals surface area contributed by atoms with E-state index in [1.165, 1.54) is 79.6 Å². The molecule has 8 heteroatoms. The molecule has 2 saturated carbocycles. The van der Waals surface area contributed by atoms with E-state index in [0.717, 1.165) is 101 Å². The van der Waals surface area contributed by atoms with Gasteiger partial charge in [0.25, 0.3) is 0 Å². The molecule has 0 radical (unpaired) electrons. The van der Waals surface area contributed by atoms with E-state index in [1.807, 2.05) is 18.3 Å². The van der Waals surface area contributed by atoms with Crippen molar-refractivity contribution in [2.75, 3.05) is 0 Å². The van der Waals surface area contributed by atoms with Gasteiger partial charge in [-0.2, -0.15) is 9.59 Å². The third-order valence-electron chi connectivity index (χ3n) is 18.4.